The maximum absolute atomic E-state index is 10.6. The standard InChI is InChI=1S/C11H17N3O2/c1-8-12-13-10(7-9-3-2-4-9)14(8)6-5-11(15)16/h9H,2-7H2,1H3,(H,15,16). The fourth-order valence-corrected chi connectivity index (χ4v) is 2.03. The second-order valence-corrected chi connectivity index (χ2v) is 4.46. The summed E-state index contributed by atoms with van der Waals surface area (Å²) >= 11 is 0. The second-order valence-electron chi connectivity index (χ2n) is 4.46. The number of rotatable bonds is 5. The Morgan fingerprint density at radius 3 is 2.81 bits per heavy atom. The SMILES string of the molecule is Cc1nnc(CC2CCC2)n1CCC(=O)O. The molecule has 1 aliphatic carbocycles. The van der Waals surface area contributed by atoms with Gasteiger partial charge in [0.05, 0.1) is 6.42 Å². The summed E-state index contributed by atoms with van der Waals surface area (Å²) in [6, 6.07) is 0. The molecular formula is C11H17N3O2. The Morgan fingerprint density at radius 1 is 1.50 bits per heavy atom. The first-order valence-electron chi connectivity index (χ1n) is 5.77. The quantitative estimate of drug-likeness (QED) is 0.819. The van der Waals surface area contributed by atoms with Gasteiger partial charge in [-0.25, -0.2) is 0 Å². The maximum atomic E-state index is 10.6. The molecular weight excluding hydrogens is 206 g/mol. The Hall–Kier alpha value is -1.39. The van der Waals surface area contributed by atoms with Crippen molar-refractivity contribution in [3.63, 3.8) is 0 Å². The first kappa shape index (κ1) is 11.1. The summed E-state index contributed by atoms with van der Waals surface area (Å²) < 4.78 is 1.94. The minimum absolute atomic E-state index is 0.135. The molecule has 1 aromatic heterocycles. The molecule has 0 radical (unpaired) electrons. The molecule has 1 fully saturated rings. The van der Waals surface area contributed by atoms with Gasteiger partial charge >= 0.3 is 5.97 Å². The predicted octanol–water partition coefficient (Wildman–Crippen LogP) is 1.40. The topological polar surface area (TPSA) is 68.0 Å². The molecule has 5 nitrogen and oxygen atoms in total. The predicted molar refractivity (Wildman–Crippen MR) is 58.1 cm³/mol. The molecule has 0 bridgehead atoms. The summed E-state index contributed by atoms with van der Waals surface area (Å²) in [6.07, 6.45) is 4.93. The highest BCUT2D eigenvalue weighted by molar-refractivity contribution is 5.66. The van der Waals surface area contributed by atoms with Crippen LogP contribution in [0.25, 0.3) is 0 Å². The molecule has 0 atom stereocenters. The zero-order chi connectivity index (χ0) is 11.5. The van der Waals surface area contributed by atoms with Crippen molar-refractivity contribution in [2.24, 2.45) is 5.92 Å². The summed E-state index contributed by atoms with van der Waals surface area (Å²) in [5.74, 6) is 1.72. The summed E-state index contributed by atoms with van der Waals surface area (Å²) in [5.41, 5.74) is 0. The fraction of sp³-hybridized carbons (Fsp3) is 0.727. The van der Waals surface area contributed by atoms with Crippen LogP contribution in [0, 0.1) is 12.8 Å². The zero-order valence-electron chi connectivity index (χ0n) is 9.52. The average molecular weight is 223 g/mol. The number of carboxylic acids is 1. The van der Waals surface area contributed by atoms with Gasteiger partial charge in [-0.05, 0) is 12.8 Å². The molecule has 1 heterocycles. The highest BCUT2D eigenvalue weighted by Crippen LogP contribution is 2.29. The zero-order valence-corrected chi connectivity index (χ0v) is 9.52. The van der Waals surface area contributed by atoms with Gasteiger partial charge in [-0.3, -0.25) is 4.79 Å². The van der Waals surface area contributed by atoms with Crippen molar-refractivity contribution in [1.29, 1.82) is 0 Å². The lowest BCUT2D eigenvalue weighted by Crippen LogP contribution is -2.18. The highest BCUT2D eigenvalue weighted by atomic mass is 16.4. The van der Waals surface area contributed by atoms with Crippen LogP contribution in [0.2, 0.25) is 0 Å². The van der Waals surface area contributed by atoms with Crippen LogP contribution in [0.1, 0.15) is 37.3 Å². The van der Waals surface area contributed by atoms with Gasteiger partial charge in [0.15, 0.2) is 0 Å². The second kappa shape index (κ2) is 4.63. The molecule has 5 heteroatoms. The highest BCUT2D eigenvalue weighted by Gasteiger charge is 2.21. The molecule has 88 valence electrons. The number of nitrogens with zero attached hydrogens (tertiary/aromatic N) is 3. The molecule has 0 amide bonds. The summed E-state index contributed by atoms with van der Waals surface area (Å²) in [4.78, 5) is 10.6. The number of hydrogen-bond acceptors (Lipinski definition) is 3. The van der Waals surface area contributed by atoms with Gasteiger partial charge < -0.3 is 9.67 Å². The van der Waals surface area contributed by atoms with E-state index in [1.54, 1.807) is 0 Å². The van der Waals surface area contributed by atoms with Crippen molar-refractivity contribution < 1.29 is 9.90 Å². The first-order valence-corrected chi connectivity index (χ1v) is 5.77. The van der Waals surface area contributed by atoms with Crippen molar-refractivity contribution in [2.75, 3.05) is 0 Å². The van der Waals surface area contributed by atoms with E-state index < -0.39 is 5.97 Å². The van der Waals surface area contributed by atoms with Gasteiger partial charge in [-0.1, -0.05) is 19.3 Å². The molecule has 1 saturated carbocycles. The van der Waals surface area contributed by atoms with Crippen molar-refractivity contribution in [2.45, 2.75) is 45.6 Å². The van der Waals surface area contributed by atoms with Crippen LogP contribution in [0.4, 0.5) is 0 Å². The van der Waals surface area contributed by atoms with E-state index in [4.69, 9.17) is 5.11 Å². The van der Waals surface area contributed by atoms with E-state index in [2.05, 4.69) is 10.2 Å². The molecule has 0 saturated heterocycles. The van der Waals surface area contributed by atoms with Crippen LogP contribution < -0.4 is 0 Å². The summed E-state index contributed by atoms with van der Waals surface area (Å²) in [7, 11) is 0. The van der Waals surface area contributed by atoms with Crippen LogP contribution in [0.15, 0.2) is 0 Å². The minimum atomic E-state index is -0.775. The molecule has 1 aliphatic rings. The molecule has 2 rings (SSSR count). The van der Waals surface area contributed by atoms with Gasteiger partial charge in [0, 0.05) is 13.0 Å². The Morgan fingerprint density at radius 2 is 2.25 bits per heavy atom. The van der Waals surface area contributed by atoms with E-state index >= 15 is 0 Å². The molecule has 1 aromatic rings. The number of hydrogen-bond donors (Lipinski definition) is 1. The maximum Gasteiger partial charge on any atom is 0.305 e. The molecule has 0 spiro atoms. The van der Waals surface area contributed by atoms with Crippen LogP contribution in [0.5, 0.6) is 0 Å². The normalized spacial score (nSPS) is 16.1. The summed E-state index contributed by atoms with van der Waals surface area (Å²) in [5, 5.41) is 16.8. The largest absolute Gasteiger partial charge is 0.481 e. The van der Waals surface area contributed by atoms with Crippen molar-refractivity contribution >= 4 is 5.97 Å². The average Bonchev–Trinajstić information content (AvgIpc) is 2.50. The number of aliphatic carboxylic acids is 1. The molecule has 0 unspecified atom stereocenters. The van der Waals surface area contributed by atoms with Crippen LogP contribution in [-0.2, 0) is 17.8 Å². The van der Waals surface area contributed by atoms with Gasteiger partial charge in [0.25, 0.3) is 0 Å². The summed E-state index contributed by atoms with van der Waals surface area (Å²) in [6.45, 7) is 2.36. The molecule has 0 aromatic carbocycles. The van der Waals surface area contributed by atoms with E-state index in [1.807, 2.05) is 11.5 Å². The van der Waals surface area contributed by atoms with E-state index in [1.165, 1.54) is 19.3 Å². The van der Waals surface area contributed by atoms with Crippen LogP contribution >= 0.6 is 0 Å². The van der Waals surface area contributed by atoms with Crippen LogP contribution in [0.3, 0.4) is 0 Å². The van der Waals surface area contributed by atoms with Gasteiger partial charge in [0.2, 0.25) is 0 Å². The monoisotopic (exact) mass is 223 g/mol. The van der Waals surface area contributed by atoms with Crippen molar-refractivity contribution in [1.82, 2.24) is 14.8 Å². The third-order valence-electron chi connectivity index (χ3n) is 3.26. The molecule has 16 heavy (non-hydrogen) atoms. The lowest BCUT2D eigenvalue weighted by Gasteiger charge is -2.24. The Balaban J connectivity index is 2.02. The number of carbonyl (C=O) groups is 1. The van der Waals surface area contributed by atoms with Crippen molar-refractivity contribution in [3.8, 4) is 0 Å². The Labute approximate surface area is 94.5 Å². The minimum Gasteiger partial charge on any atom is -0.481 e. The third-order valence-corrected chi connectivity index (χ3v) is 3.26. The number of carboxylic acid groups (broad SMARTS) is 1. The van der Waals surface area contributed by atoms with E-state index in [-0.39, 0.29) is 6.42 Å². The molecule has 0 aliphatic heterocycles. The Bertz CT molecular complexity index is 383. The number of aryl methyl sites for hydroxylation is 1. The third kappa shape index (κ3) is 2.40. The first-order chi connectivity index (χ1) is 7.66. The van der Waals surface area contributed by atoms with E-state index in [0.29, 0.717) is 6.54 Å². The van der Waals surface area contributed by atoms with Gasteiger partial charge in [0.1, 0.15) is 11.6 Å². The van der Waals surface area contributed by atoms with Crippen molar-refractivity contribution in [3.05, 3.63) is 11.6 Å². The lowest BCUT2D eigenvalue weighted by atomic mass is 9.83. The Kier molecular flexibility index (Phi) is 3.22. The van der Waals surface area contributed by atoms with Crippen LogP contribution in [-0.4, -0.2) is 25.8 Å². The van der Waals surface area contributed by atoms with Gasteiger partial charge in [-0.15, -0.1) is 10.2 Å². The number of aromatic nitrogens is 3. The molecule has 1 N–H and O–H groups in total. The fourth-order valence-electron chi connectivity index (χ4n) is 2.03. The lowest BCUT2D eigenvalue weighted by molar-refractivity contribution is -0.137. The van der Waals surface area contributed by atoms with E-state index in [9.17, 15) is 4.79 Å². The van der Waals surface area contributed by atoms with Gasteiger partial charge in [-0.2, -0.15) is 0 Å². The van der Waals surface area contributed by atoms with E-state index in [0.717, 1.165) is 24.0 Å². The smallest absolute Gasteiger partial charge is 0.305 e.